The number of benzene rings is 1. The summed E-state index contributed by atoms with van der Waals surface area (Å²) in [4.78, 5) is 0. The quantitative estimate of drug-likeness (QED) is 0.877. The Kier molecular flexibility index (Phi) is 4.86. The van der Waals surface area contributed by atoms with Crippen LogP contribution in [-0.4, -0.2) is 19.3 Å². The first kappa shape index (κ1) is 14.9. The van der Waals surface area contributed by atoms with Gasteiger partial charge in [-0.25, -0.2) is 0 Å². The monoisotopic (exact) mass is 325 g/mol. The summed E-state index contributed by atoms with van der Waals surface area (Å²) in [5.74, 6) is 1.61. The molecule has 1 atom stereocenters. The van der Waals surface area contributed by atoms with Crippen molar-refractivity contribution in [2.24, 2.45) is 0 Å². The highest BCUT2D eigenvalue weighted by Gasteiger charge is 2.15. The van der Waals surface area contributed by atoms with E-state index in [1.165, 1.54) is 0 Å². The molecule has 1 fully saturated rings. The molecule has 1 N–H and O–H groups in total. The number of rotatable bonds is 5. The van der Waals surface area contributed by atoms with Crippen molar-refractivity contribution >= 4 is 23.2 Å². The lowest BCUT2D eigenvalue weighted by Gasteiger charge is -2.09. The molecule has 3 rings (SSSR count). The van der Waals surface area contributed by atoms with E-state index < -0.39 is 0 Å². The number of hydrogen-bond acceptors (Lipinski definition) is 3. The van der Waals surface area contributed by atoms with Gasteiger partial charge in [-0.3, -0.25) is 0 Å². The van der Waals surface area contributed by atoms with Gasteiger partial charge in [0.25, 0.3) is 0 Å². The average molecular weight is 326 g/mol. The van der Waals surface area contributed by atoms with Crippen molar-refractivity contribution in [3.8, 4) is 11.3 Å². The summed E-state index contributed by atoms with van der Waals surface area (Å²) >= 11 is 12.2. The minimum absolute atomic E-state index is 0.335. The zero-order valence-electron chi connectivity index (χ0n) is 11.6. The Balaban J connectivity index is 1.61. The predicted octanol–water partition coefficient (Wildman–Crippen LogP) is 4.52. The summed E-state index contributed by atoms with van der Waals surface area (Å²) in [7, 11) is 0. The van der Waals surface area contributed by atoms with Crippen LogP contribution >= 0.6 is 23.2 Å². The van der Waals surface area contributed by atoms with Crippen molar-refractivity contribution in [1.29, 1.82) is 0 Å². The average Bonchev–Trinajstić information content (AvgIpc) is 3.13. The Bertz CT molecular complexity index is 606. The van der Waals surface area contributed by atoms with E-state index in [-0.39, 0.29) is 0 Å². The second-order valence-corrected chi connectivity index (χ2v) is 6.00. The molecule has 21 heavy (non-hydrogen) atoms. The summed E-state index contributed by atoms with van der Waals surface area (Å²) in [6.45, 7) is 2.41. The lowest BCUT2D eigenvalue weighted by Crippen LogP contribution is -2.25. The van der Waals surface area contributed by atoms with Crippen molar-refractivity contribution in [3.63, 3.8) is 0 Å². The first-order valence-corrected chi connectivity index (χ1v) is 7.84. The van der Waals surface area contributed by atoms with E-state index in [1.807, 2.05) is 18.2 Å². The van der Waals surface area contributed by atoms with Crippen molar-refractivity contribution < 1.29 is 9.15 Å². The molecule has 2 aromatic rings. The highest BCUT2D eigenvalue weighted by atomic mass is 35.5. The molecular weight excluding hydrogens is 309 g/mol. The van der Waals surface area contributed by atoms with Crippen LogP contribution in [0.25, 0.3) is 11.3 Å². The molecule has 112 valence electrons. The number of hydrogen-bond donors (Lipinski definition) is 1. The molecule has 3 nitrogen and oxygen atoms in total. The van der Waals surface area contributed by atoms with Crippen molar-refractivity contribution in [3.05, 3.63) is 46.1 Å². The minimum Gasteiger partial charge on any atom is -0.460 e. The number of halogens is 2. The molecule has 0 radical (unpaired) electrons. The van der Waals surface area contributed by atoms with Crippen LogP contribution < -0.4 is 5.32 Å². The molecule has 1 aliphatic heterocycles. The molecule has 1 aliphatic rings. The summed E-state index contributed by atoms with van der Waals surface area (Å²) in [6, 6.07) is 9.22. The van der Waals surface area contributed by atoms with Gasteiger partial charge in [0.1, 0.15) is 11.5 Å². The van der Waals surface area contributed by atoms with E-state index in [1.54, 1.807) is 12.1 Å². The topological polar surface area (TPSA) is 34.4 Å². The molecule has 1 aromatic carbocycles. The van der Waals surface area contributed by atoms with Crippen LogP contribution in [0.1, 0.15) is 18.6 Å². The van der Waals surface area contributed by atoms with E-state index >= 15 is 0 Å². The molecule has 1 unspecified atom stereocenters. The fraction of sp³-hybridized carbons (Fsp3) is 0.375. The van der Waals surface area contributed by atoms with E-state index in [0.717, 1.165) is 43.1 Å². The van der Waals surface area contributed by atoms with Crippen LogP contribution in [-0.2, 0) is 11.3 Å². The SMILES string of the molecule is Clc1ccc(Cl)c(-c2ccc(CNCC3CCCO3)o2)c1. The molecule has 0 amide bonds. The third kappa shape index (κ3) is 3.80. The molecule has 0 aliphatic carbocycles. The standard InChI is InChI=1S/C16H17Cl2NO2/c17-11-3-5-15(18)14(8-11)16-6-4-13(21-16)10-19-9-12-2-1-7-20-12/h3-6,8,12,19H,1-2,7,9-10H2. The van der Waals surface area contributed by atoms with Gasteiger partial charge in [0.15, 0.2) is 0 Å². The number of nitrogens with one attached hydrogen (secondary N) is 1. The molecule has 5 heteroatoms. The Labute approximate surface area is 134 Å². The van der Waals surface area contributed by atoms with Crippen molar-refractivity contribution in [2.75, 3.05) is 13.2 Å². The Morgan fingerprint density at radius 3 is 2.90 bits per heavy atom. The molecule has 1 aromatic heterocycles. The maximum absolute atomic E-state index is 6.18. The highest BCUT2D eigenvalue weighted by Crippen LogP contribution is 2.31. The maximum atomic E-state index is 6.18. The van der Waals surface area contributed by atoms with E-state index in [0.29, 0.717) is 22.7 Å². The molecule has 2 heterocycles. The summed E-state index contributed by atoms with van der Waals surface area (Å²) in [5, 5.41) is 4.63. The van der Waals surface area contributed by atoms with E-state index in [4.69, 9.17) is 32.4 Å². The van der Waals surface area contributed by atoms with Gasteiger partial charge in [0.2, 0.25) is 0 Å². The van der Waals surface area contributed by atoms with Crippen LogP contribution in [0, 0.1) is 0 Å². The largest absolute Gasteiger partial charge is 0.460 e. The van der Waals surface area contributed by atoms with Gasteiger partial charge in [-0.1, -0.05) is 23.2 Å². The van der Waals surface area contributed by atoms with Gasteiger partial charge in [-0.15, -0.1) is 0 Å². The summed E-state index contributed by atoms with van der Waals surface area (Å²) in [6.07, 6.45) is 2.63. The lowest BCUT2D eigenvalue weighted by molar-refractivity contribution is 0.109. The van der Waals surface area contributed by atoms with Crippen LogP contribution in [0.2, 0.25) is 10.0 Å². The van der Waals surface area contributed by atoms with Gasteiger partial charge >= 0.3 is 0 Å². The van der Waals surface area contributed by atoms with Crippen molar-refractivity contribution in [1.82, 2.24) is 5.32 Å². The van der Waals surface area contributed by atoms with Gasteiger partial charge in [0, 0.05) is 23.7 Å². The molecule has 1 saturated heterocycles. The summed E-state index contributed by atoms with van der Waals surface area (Å²) < 4.78 is 11.4. The second-order valence-electron chi connectivity index (χ2n) is 5.16. The van der Waals surface area contributed by atoms with Gasteiger partial charge in [0.05, 0.1) is 17.7 Å². The van der Waals surface area contributed by atoms with Crippen LogP contribution in [0.4, 0.5) is 0 Å². The third-order valence-electron chi connectivity index (χ3n) is 3.55. The minimum atomic E-state index is 0.335. The van der Waals surface area contributed by atoms with Crippen molar-refractivity contribution in [2.45, 2.75) is 25.5 Å². The molecular formula is C16H17Cl2NO2. The van der Waals surface area contributed by atoms with Gasteiger partial charge in [-0.2, -0.15) is 0 Å². The van der Waals surface area contributed by atoms with Gasteiger partial charge in [-0.05, 0) is 43.2 Å². The number of furan rings is 1. The second kappa shape index (κ2) is 6.84. The zero-order chi connectivity index (χ0) is 14.7. The number of ether oxygens (including phenoxy) is 1. The maximum Gasteiger partial charge on any atom is 0.135 e. The highest BCUT2D eigenvalue weighted by molar-refractivity contribution is 6.35. The Morgan fingerprint density at radius 2 is 2.10 bits per heavy atom. The fourth-order valence-electron chi connectivity index (χ4n) is 2.47. The van der Waals surface area contributed by atoms with Crippen LogP contribution in [0.3, 0.4) is 0 Å². The first-order chi connectivity index (χ1) is 10.2. The van der Waals surface area contributed by atoms with Crippen LogP contribution in [0.5, 0.6) is 0 Å². The predicted molar refractivity (Wildman–Crippen MR) is 84.8 cm³/mol. The molecule has 0 bridgehead atoms. The zero-order valence-corrected chi connectivity index (χ0v) is 13.1. The van der Waals surface area contributed by atoms with E-state index in [2.05, 4.69) is 5.32 Å². The molecule has 0 saturated carbocycles. The third-order valence-corrected chi connectivity index (χ3v) is 4.12. The Hall–Kier alpha value is -1.00. The summed E-state index contributed by atoms with van der Waals surface area (Å²) in [5.41, 5.74) is 0.814. The van der Waals surface area contributed by atoms with Gasteiger partial charge < -0.3 is 14.5 Å². The fourth-order valence-corrected chi connectivity index (χ4v) is 2.85. The van der Waals surface area contributed by atoms with E-state index in [9.17, 15) is 0 Å². The lowest BCUT2D eigenvalue weighted by atomic mass is 10.2. The Morgan fingerprint density at radius 1 is 1.19 bits per heavy atom. The molecule has 0 spiro atoms. The van der Waals surface area contributed by atoms with Crippen LogP contribution in [0.15, 0.2) is 34.7 Å². The smallest absolute Gasteiger partial charge is 0.135 e. The normalized spacial score (nSPS) is 18.3. The first-order valence-electron chi connectivity index (χ1n) is 7.09.